The maximum atomic E-state index is 9.45. The highest BCUT2D eigenvalue weighted by atomic mass is 16.3. The van der Waals surface area contributed by atoms with Crippen molar-refractivity contribution in [2.24, 2.45) is 0 Å². The zero-order valence-electron chi connectivity index (χ0n) is 7.31. The fourth-order valence-corrected chi connectivity index (χ4v) is 1.03. The molecule has 1 radical (unpaired) electrons. The molecule has 0 saturated carbocycles. The van der Waals surface area contributed by atoms with Crippen molar-refractivity contribution >= 4 is 0 Å². The SMILES string of the molecule is C[N]CC(O)c1ccc(O)c(O)c1. The molecule has 0 aliphatic rings. The van der Waals surface area contributed by atoms with E-state index in [4.69, 9.17) is 10.2 Å². The van der Waals surface area contributed by atoms with Gasteiger partial charge in [-0.3, -0.25) is 0 Å². The van der Waals surface area contributed by atoms with Crippen molar-refractivity contribution in [3.8, 4) is 11.5 Å². The number of aliphatic hydroxyl groups is 1. The molecule has 0 amide bonds. The van der Waals surface area contributed by atoms with Crippen LogP contribution in [-0.4, -0.2) is 28.9 Å². The summed E-state index contributed by atoms with van der Waals surface area (Å²) in [5.74, 6) is -0.419. The van der Waals surface area contributed by atoms with Gasteiger partial charge in [-0.25, -0.2) is 5.32 Å². The van der Waals surface area contributed by atoms with Gasteiger partial charge in [-0.15, -0.1) is 0 Å². The van der Waals surface area contributed by atoms with Gasteiger partial charge in [0, 0.05) is 13.6 Å². The Bertz CT molecular complexity index is 288. The van der Waals surface area contributed by atoms with Crippen LogP contribution in [0, 0.1) is 0 Å². The van der Waals surface area contributed by atoms with Crippen LogP contribution in [0.25, 0.3) is 0 Å². The van der Waals surface area contributed by atoms with E-state index in [1.165, 1.54) is 12.1 Å². The summed E-state index contributed by atoms with van der Waals surface area (Å²) in [5.41, 5.74) is 0.543. The number of hydrogen-bond donors (Lipinski definition) is 3. The molecular weight excluding hydrogens is 170 g/mol. The number of aliphatic hydroxyl groups excluding tert-OH is 1. The van der Waals surface area contributed by atoms with E-state index in [2.05, 4.69) is 5.32 Å². The second-order valence-electron chi connectivity index (χ2n) is 2.76. The molecule has 0 heterocycles. The van der Waals surface area contributed by atoms with Crippen LogP contribution in [0.4, 0.5) is 0 Å². The smallest absolute Gasteiger partial charge is 0.157 e. The summed E-state index contributed by atoms with van der Waals surface area (Å²) < 4.78 is 0. The molecule has 1 aromatic carbocycles. The molecule has 1 atom stereocenters. The first-order valence-corrected chi connectivity index (χ1v) is 3.90. The standard InChI is InChI=1S/C9H12NO3/c1-10-5-9(13)6-2-3-7(11)8(12)4-6/h2-4,9,11-13H,5H2,1H3. The Hall–Kier alpha value is -1.26. The van der Waals surface area contributed by atoms with Gasteiger partial charge in [0.05, 0.1) is 6.10 Å². The molecule has 3 N–H and O–H groups in total. The van der Waals surface area contributed by atoms with Crippen LogP contribution in [0.3, 0.4) is 0 Å². The van der Waals surface area contributed by atoms with E-state index in [9.17, 15) is 5.11 Å². The minimum atomic E-state index is -0.725. The second kappa shape index (κ2) is 4.11. The van der Waals surface area contributed by atoms with Crippen molar-refractivity contribution in [3.05, 3.63) is 23.8 Å². The summed E-state index contributed by atoms with van der Waals surface area (Å²) in [7, 11) is 1.60. The van der Waals surface area contributed by atoms with Crippen molar-refractivity contribution < 1.29 is 15.3 Å². The Kier molecular flexibility index (Phi) is 3.11. The van der Waals surface area contributed by atoms with Crippen LogP contribution in [0.5, 0.6) is 11.5 Å². The van der Waals surface area contributed by atoms with Gasteiger partial charge < -0.3 is 15.3 Å². The molecule has 4 nitrogen and oxygen atoms in total. The summed E-state index contributed by atoms with van der Waals surface area (Å²) >= 11 is 0. The number of rotatable bonds is 3. The predicted molar refractivity (Wildman–Crippen MR) is 47.7 cm³/mol. The van der Waals surface area contributed by atoms with E-state index in [-0.39, 0.29) is 18.0 Å². The highest BCUT2D eigenvalue weighted by Gasteiger charge is 2.08. The maximum Gasteiger partial charge on any atom is 0.157 e. The Morgan fingerprint density at radius 3 is 2.54 bits per heavy atom. The highest BCUT2D eigenvalue weighted by Crippen LogP contribution is 2.27. The first kappa shape index (κ1) is 9.83. The molecule has 0 spiro atoms. The zero-order chi connectivity index (χ0) is 9.84. The molecule has 0 aliphatic carbocycles. The lowest BCUT2D eigenvalue weighted by molar-refractivity contribution is 0.176. The molecule has 0 aromatic heterocycles. The van der Waals surface area contributed by atoms with E-state index >= 15 is 0 Å². The summed E-state index contributed by atoms with van der Waals surface area (Å²) in [6.45, 7) is 0.282. The van der Waals surface area contributed by atoms with Crippen LogP contribution in [-0.2, 0) is 0 Å². The van der Waals surface area contributed by atoms with Crippen molar-refractivity contribution in [3.63, 3.8) is 0 Å². The van der Waals surface area contributed by atoms with Crippen molar-refractivity contribution in [2.75, 3.05) is 13.6 Å². The third-order valence-corrected chi connectivity index (χ3v) is 1.74. The summed E-state index contributed by atoms with van der Waals surface area (Å²) in [6, 6.07) is 4.21. The number of hydrogen-bond acceptors (Lipinski definition) is 3. The van der Waals surface area contributed by atoms with Crippen LogP contribution >= 0.6 is 0 Å². The van der Waals surface area contributed by atoms with Crippen LogP contribution in [0.15, 0.2) is 18.2 Å². The average Bonchev–Trinajstić information content (AvgIpc) is 2.10. The number of phenolic OH excluding ortho intramolecular Hbond substituents is 2. The molecule has 0 fully saturated rings. The Morgan fingerprint density at radius 2 is 2.00 bits per heavy atom. The van der Waals surface area contributed by atoms with Gasteiger partial charge >= 0.3 is 0 Å². The van der Waals surface area contributed by atoms with Crippen LogP contribution in [0.1, 0.15) is 11.7 Å². The van der Waals surface area contributed by atoms with Crippen molar-refractivity contribution in [1.82, 2.24) is 5.32 Å². The van der Waals surface area contributed by atoms with Crippen molar-refractivity contribution in [1.29, 1.82) is 0 Å². The van der Waals surface area contributed by atoms with Crippen LogP contribution < -0.4 is 5.32 Å². The first-order chi connectivity index (χ1) is 6.15. The van der Waals surface area contributed by atoms with Gasteiger partial charge in [-0.05, 0) is 17.7 Å². The summed E-state index contributed by atoms with van der Waals surface area (Å²) in [6.07, 6.45) is -0.725. The van der Waals surface area contributed by atoms with Gasteiger partial charge in [0.2, 0.25) is 0 Å². The first-order valence-electron chi connectivity index (χ1n) is 3.90. The lowest BCUT2D eigenvalue weighted by Crippen LogP contribution is -2.10. The summed E-state index contributed by atoms with van der Waals surface area (Å²) in [5, 5.41) is 31.3. The van der Waals surface area contributed by atoms with E-state index in [1.807, 2.05) is 0 Å². The minimum Gasteiger partial charge on any atom is -0.504 e. The highest BCUT2D eigenvalue weighted by molar-refractivity contribution is 5.41. The minimum absolute atomic E-state index is 0.190. The third kappa shape index (κ3) is 2.34. The monoisotopic (exact) mass is 182 g/mol. The molecule has 0 saturated heterocycles. The molecule has 1 aromatic rings. The van der Waals surface area contributed by atoms with E-state index in [0.29, 0.717) is 5.56 Å². The zero-order valence-corrected chi connectivity index (χ0v) is 7.31. The van der Waals surface area contributed by atoms with Crippen LogP contribution in [0.2, 0.25) is 0 Å². The molecule has 13 heavy (non-hydrogen) atoms. The number of phenols is 2. The van der Waals surface area contributed by atoms with E-state index < -0.39 is 6.10 Å². The van der Waals surface area contributed by atoms with E-state index in [1.54, 1.807) is 13.1 Å². The number of benzene rings is 1. The Labute approximate surface area is 76.5 Å². The molecule has 0 aliphatic heterocycles. The fraction of sp³-hybridized carbons (Fsp3) is 0.333. The number of nitrogens with zero attached hydrogens (tertiary/aromatic N) is 1. The molecule has 4 heteroatoms. The summed E-state index contributed by atoms with van der Waals surface area (Å²) in [4.78, 5) is 0. The van der Waals surface area contributed by atoms with Gasteiger partial charge in [0.15, 0.2) is 11.5 Å². The number of aromatic hydroxyl groups is 2. The second-order valence-corrected chi connectivity index (χ2v) is 2.76. The fourth-order valence-electron chi connectivity index (χ4n) is 1.03. The Balaban J connectivity index is 2.84. The van der Waals surface area contributed by atoms with E-state index in [0.717, 1.165) is 0 Å². The molecule has 0 bridgehead atoms. The van der Waals surface area contributed by atoms with Gasteiger partial charge in [0.25, 0.3) is 0 Å². The molecule has 1 rings (SSSR count). The van der Waals surface area contributed by atoms with Crippen molar-refractivity contribution in [2.45, 2.75) is 6.10 Å². The molecule has 1 unspecified atom stereocenters. The average molecular weight is 182 g/mol. The predicted octanol–water partition coefficient (Wildman–Crippen LogP) is 0.365. The Morgan fingerprint density at radius 1 is 1.31 bits per heavy atom. The lowest BCUT2D eigenvalue weighted by Gasteiger charge is -2.09. The molecular formula is C9H12NO3. The molecule has 71 valence electrons. The maximum absolute atomic E-state index is 9.45. The van der Waals surface area contributed by atoms with Gasteiger partial charge in [0.1, 0.15) is 0 Å². The van der Waals surface area contributed by atoms with Gasteiger partial charge in [-0.1, -0.05) is 6.07 Å². The largest absolute Gasteiger partial charge is 0.504 e. The van der Waals surface area contributed by atoms with Gasteiger partial charge in [-0.2, -0.15) is 0 Å². The lowest BCUT2D eigenvalue weighted by atomic mass is 10.1. The topological polar surface area (TPSA) is 74.8 Å². The number of likely N-dealkylation sites (N-methyl/N-ethyl adjacent to an activating group) is 1. The quantitative estimate of drug-likeness (QED) is 0.591. The third-order valence-electron chi connectivity index (χ3n) is 1.74. The normalized spacial score (nSPS) is 12.8.